The van der Waals surface area contributed by atoms with E-state index in [1.165, 1.54) is 25.3 Å². The molecule has 1 aliphatic rings. The van der Waals surface area contributed by atoms with E-state index < -0.39 is 15.8 Å². The topological polar surface area (TPSA) is 108 Å². The molecule has 0 radical (unpaired) electrons. The molecule has 3 N–H and O–H groups in total. The number of hydrogen-bond acceptors (Lipinski definition) is 7. The number of sulfone groups is 1. The Labute approximate surface area is 149 Å². The number of methoxy groups -OCH3 is 1. The lowest BCUT2D eigenvalue weighted by Gasteiger charge is -2.14. The minimum absolute atomic E-state index is 0.0811. The average Bonchev–Trinajstić information content (AvgIpc) is 2.68. The van der Waals surface area contributed by atoms with Crippen LogP contribution in [0.4, 0.5) is 5.69 Å². The van der Waals surface area contributed by atoms with E-state index in [-0.39, 0.29) is 32.7 Å². The van der Waals surface area contributed by atoms with Gasteiger partial charge in [0.25, 0.3) is 0 Å². The first-order valence-corrected chi connectivity index (χ1v) is 9.22. The summed E-state index contributed by atoms with van der Waals surface area (Å²) in [5, 5.41) is 0.227. The molecule has 0 fully saturated rings. The summed E-state index contributed by atoms with van der Waals surface area (Å²) < 4.78 is 36.2. The largest absolute Gasteiger partial charge is 0.465 e. The van der Waals surface area contributed by atoms with Gasteiger partial charge in [-0.2, -0.15) is 0 Å². The quantitative estimate of drug-likeness (QED) is 0.467. The summed E-state index contributed by atoms with van der Waals surface area (Å²) in [5.41, 5.74) is 3.87. The highest BCUT2D eigenvalue weighted by Crippen LogP contribution is 2.44. The fourth-order valence-corrected chi connectivity index (χ4v) is 4.53. The maximum Gasteiger partial charge on any atom is 0.337 e. The number of nitrogens with two attached hydrogens (primary N) is 1. The Morgan fingerprint density at radius 2 is 2.00 bits per heavy atom. The molecule has 0 bridgehead atoms. The van der Waals surface area contributed by atoms with Crippen molar-refractivity contribution >= 4 is 33.1 Å². The van der Waals surface area contributed by atoms with Crippen LogP contribution in [0.5, 0.6) is 11.5 Å². The third-order valence-electron chi connectivity index (χ3n) is 3.83. The van der Waals surface area contributed by atoms with Crippen molar-refractivity contribution in [3.05, 3.63) is 46.0 Å². The predicted molar refractivity (Wildman–Crippen MR) is 92.7 cm³/mol. The maximum absolute atomic E-state index is 12.9. The zero-order chi connectivity index (χ0) is 18.4. The first-order valence-electron chi connectivity index (χ1n) is 7.19. The third kappa shape index (κ3) is 3.04. The Balaban J connectivity index is 2.26. The number of esters is 1. The molecule has 132 valence electrons. The molecule has 2 aromatic carbocycles. The van der Waals surface area contributed by atoms with E-state index in [9.17, 15) is 13.2 Å². The van der Waals surface area contributed by atoms with E-state index >= 15 is 0 Å². The number of aryl methyl sites for hydroxylation is 1. The van der Waals surface area contributed by atoms with Crippen LogP contribution in [0.3, 0.4) is 0 Å². The third-order valence-corrected chi connectivity index (χ3v) is 5.78. The lowest BCUT2D eigenvalue weighted by atomic mass is 10.1. The number of fused-ring (bicyclic) bond motifs is 2. The molecule has 2 aromatic rings. The van der Waals surface area contributed by atoms with Crippen molar-refractivity contribution < 1.29 is 22.7 Å². The standard InChI is InChI=1S/C16H15ClN2O5S/c1-8-3-9(16(20)23-2)5-13-14(8)24-15-10(7-25(13,21)22)4-11(19-18)6-12(15)17/h3-6,19H,7,18H2,1-2H3. The smallest absolute Gasteiger partial charge is 0.337 e. The number of anilines is 1. The first-order chi connectivity index (χ1) is 11.8. The van der Waals surface area contributed by atoms with Gasteiger partial charge < -0.3 is 14.9 Å². The molecular weight excluding hydrogens is 368 g/mol. The second-order valence-corrected chi connectivity index (χ2v) is 7.93. The van der Waals surface area contributed by atoms with Gasteiger partial charge in [-0.3, -0.25) is 5.84 Å². The number of halogens is 1. The molecule has 0 atom stereocenters. The molecule has 0 saturated carbocycles. The van der Waals surface area contributed by atoms with E-state index in [1.54, 1.807) is 13.0 Å². The fraction of sp³-hybridized carbons (Fsp3) is 0.188. The van der Waals surface area contributed by atoms with Crippen LogP contribution in [-0.2, 0) is 20.3 Å². The summed E-state index contributed by atoms with van der Waals surface area (Å²) in [7, 11) is -2.55. The molecule has 0 amide bonds. The molecule has 0 spiro atoms. The zero-order valence-corrected chi connectivity index (χ0v) is 15.0. The van der Waals surface area contributed by atoms with Gasteiger partial charge in [-0.05, 0) is 36.8 Å². The van der Waals surface area contributed by atoms with Crippen LogP contribution in [-0.4, -0.2) is 21.5 Å². The average molecular weight is 383 g/mol. The lowest BCUT2D eigenvalue weighted by molar-refractivity contribution is 0.0600. The van der Waals surface area contributed by atoms with Gasteiger partial charge in [0.05, 0.1) is 29.1 Å². The Morgan fingerprint density at radius 3 is 2.64 bits per heavy atom. The molecule has 0 saturated heterocycles. The second kappa shape index (κ2) is 6.21. The Kier molecular flexibility index (Phi) is 4.36. The highest BCUT2D eigenvalue weighted by molar-refractivity contribution is 7.90. The highest BCUT2D eigenvalue weighted by Gasteiger charge is 2.31. The van der Waals surface area contributed by atoms with Gasteiger partial charge in [0, 0.05) is 5.56 Å². The molecule has 1 heterocycles. The second-order valence-electron chi connectivity index (χ2n) is 5.56. The number of nitrogens with one attached hydrogen (secondary N) is 1. The molecule has 9 heteroatoms. The summed E-state index contributed by atoms with van der Waals surface area (Å²) in [6.07, 6.45) is 0. The van der Waals surface area contributed by atoms with Gasteiger partial charge in [0.2, 0.25) is 0 Å². The van der Waals surface area contributed by atoms with Gasteiger partial charge in [-0.15, -0.1) is 0 Å². The van der Waals surface area contributed by atoms with Crippen molar-refractivity contribution in [1.29, 1.82) is 0 Å². The van der Waals surface area contributed by atoms with E-state index in [4.69, 9.17) is 22.2 Å². The lowest BCUT2D eigenvalue weighted by Crippen LogP contribution is -2.09. The van der Waals surface area contributed by atoms with Crippen molar-refractivity contribution in [3.63, 3.8) is 0 Å². The molecule has 7 nitrogen and oxygen atoms in total. The molecule has 3 rings (SSSR count). The van der Waals surface area contributed by atoms with Crippen LogP contribution in [0.25, 0.3) is 0 Å². The van der Waals surface area contributed by atoms with Gasteiger partial charge in [-0.25, -0.2) is 13.2 Å². The van der Waals surface area contributed by atoms with Gasteiger partial charge >= 0.3 is 5.97 Å². The Morgan fingerprint density at radius 1 is 1.28 bits per heavy atom. The number of carbonyl (C=O) groups excluding carboxylic acids is 1. The number of ether oxygens (including phenoxy) is 2. The van der Waals surface area contributed by atoms with Crippen LogP contribution in [0.2, 0.25) is 5.02 Å². The maximum atomic E-state index is 12.9. The number of carbonyl (C=O) groups is 1. The van der Waals surface area contributed by atoms with E-state index in [1.807, 2.05) is 0 Å². The van der Waals surface area contributed by atoms with Crippen molar-refractivity contribution in [1.82, 2.24) is 0 Å². The summed E-state index contributed by atoms with van der Waals surface area (Å²) in [6.45, 7) is 1.65. The molecular formula is C16H15ClN2O5S. The number of nitrogen functional groups attached to an aromatic ring is 1. The number of benzene rings is 2. The number of hydrazine groups is 1. The zero-order valence-electron chi connectivity index (χ0n) is 13.4. The van der Waals surface area contributed by atoms with Gasteiger partial charge in [-0.1, -0.05) is 11.6 Å². The summed E-state index contributed by atoms with van der Waals surface area (Å²) >= 11 is 6.23. The van der Waals surface area contributed by atoms with Gasteiger partial charge in [0.15, 0.2) is 9.84 Å². The molecule has 1 aliphatic heterocycles. The molecule has 0 aliphatic carbocycles. The van der Waals surface area contributed by atoms with Crippen molar-refractivity contribution in [2.24, 2.45) is 5.84 Å². The summed E-state index contributed by atoms with van der Waals surface area (Å²) in [5.74, 6) is 4.80. The minimum Gasteiger partial charge on any atom is -0.465 e. The van der Waals surface area contributed by atoms with Crippen LogP contribution >= 0.6 is 11.6 Å². The van der Waals surface area contributed by atoms with Gasteiger partial charge in [0.1, 0.15) is 16.4 Å². The normalized spacial score (nSPS) is 14.6. The van der Waals surface area contributed by atoms with Crippen LogP contribution in [0, 0.1) is 6.92 Å². The van der Waals surface area contributed by atoms with Crippen LogP contribution in [0.1, 0.15) is 21.5 Å². The minimum atomic E-state index is -3.78. The summed E-state index contributed by atoms with van der Waals surface area (Å²) in [4.78, 5) is 11.7. The van der Waals surface area contributed by atoms with E-state index in [2.05, 4.69) is 10.2 Å². The Hall–Kier alpha value is -2.29. The molecule has 25 heavy (non-hydrogen) atoms. The fourth-order valence-electron chi connectivity index (χ4n) is 2.68. The SMILES string of the molecule is COC(=O)c1cc(C)c2c(c1)S(=O)(=O)Cc1cc(NN)cc(Cl)c1O2. The first kappa shape index (κ1) is 17.5. The molecule has 0 aromatic heterocycles. The van der Waals surface area contributed by atoms with Crippen molar-refractivity contribution in [3.8, 4) is 11.5 Å². The van der Waals surface area contributed by atoms with Crippen molar-refractivity contribution in [2.45, 2.75) is 17.6 Å². The van der Waals surface area contributed by atoms with E-state index in [0.29, 0.717) is 16.8 Å². The number of rotatable bonds is 2. The monoisotopic (exact) mass is 382 g/mol. The predicted octanol–water partition coefficient (Wildman–Crippen LogP) is 2.80. The summed E-state index contributed by atoms with van der Waals surface area (Å²) in [6, 6.07) is 5.86. The van der Waals surface area contributed by atoms with Crippen LogP contribution < -0.4 is 16.0 Å². The van der Waals surface area contributed by atoms with Crippen LogP contribution in [0.15, 0.2) is 29.2 Å². The van der Waals surface area contributed by atoms with Crippen molar-refractivity contribution in [2.75, 3.05) is 12.5 Å². The highest BCUT2D eigenvalue weighted by atomic mass is 35.5. The number of hydrogen-bond donors (Lipinski definition) is 2. The Bertz CT molecular complexity index is 989. The van der Waals surface area contributed by atoms with E-state index in [0.717, 1.165) is 0 Å². The molecule has 0 unspecified atom stereocenters.